The van der Waals surface area contributed by atoms with Gasteiger partial charge in [0.25, 0.3) is 12.4 Å². The SMILES string of the molecule is Cc1cncc(C(=O)NCC2CN(CC3CCN(CC4CC4)CC3)C(=O)CO2)c1.O=CO. The molecule has 176 valence electrons. The molecule has 2 N–H and O–H groups in total. The van der Waals surface area contributed by atoms with Crippen molar-refractivity contribution < 1.29 is 24.2 Å². The first-order valence-electron chi connectivity index (χ1n) is 11.4. The molecule has 4 rings (SSSR count). The number of aryl methyl sites for hydroxylation is 1. The first kappa shape index (κ1) is 24.1. The second-order valence-electron chi connectivity index (χ2n) is 8.99. The van der Waals surface area contributed by atoms with E-state index in [1.165, 1.54) is 32.2 Å². The van der Waals surface area contributed by atoms with Gasteiger partial charge in [0.05, 0.1) is 11.7 Å². The smallest absolute Gasteiger partial charge is 0.290 e. The summed E-state index contributed by atoms with van der Waals surface area (Å²) >= 11 is 0. The summed E-state index contributed by atoms with van der Waals surface area (Å²) in [5, 5.41) is 9.81. The van der Waals surface area contributed by atoms with Gasteiger partial charge in [0.2, 0.25) is 5.91 Å². The Morgan fingerprint density at radius 2 is 1.91 bits per heavy atom. The molecular weight excluding hydrogens is 412 g/mol. The number of carboxylic acid groups (broad SMARTS) is 1. The van der Waals surface area contributed by atoms with Gasteiger partial charge in [-0.05, 0) is 69.2 Å². The number of nitrogens with zero attached hydrogens (tertiary/aromatic N) is 3. The lowest BCUT2D eigenvalue weighted by atomic mass is 9.95. The molecule has 3 fully saturated rings. The average molecular weight is 447 g/mol. The van der Waals surface area contributed by atoms with Crippen molar-refractivity contribution in [3.05, 3.63) is 29.6 Å². The summed E-state index contributed by atoms with van der Waals surface area (Å²) in [5.41, 5.74) is 1.50. The van der Waals surface area contributed by atoms with Crippen LogP contribution in [0, 0.1) is 18.8 Å². The zero-order chi connectivity index (χ0) is 22.9. The molecule has 32 heavy (non-hydrogen) atoms. The van der Waals surface area contributed by atoms with E-state index < -0.39 is 0 Å². The van der Waals surface area contributed by atoms with Gasteiger partial charge in [0.15, 0.2) is 0 Å². The number of carbonyl (C=O) groups is 3. The lowest BCUT2D eigenvalue weighted by Crippen LogP contribution is -2.52. The quantitative estimate of drug-likeness (QED) is 0.605. The minimum atomic E-state index is -0.250. The number of morpholine rings is 1. The summed E-state index contributed by atoms with van der Waals surface area (Å²) in [6.45, 7) is 7.10. The molecule has 1 aliphatic carbocycles. The van der Waals surface area contributed by atoms with Crippen LogP contribution in [0.1, 0.15) is 41.6 Å². The maximum Gasteiger partial charge on any atom is 0.290 e. The third-order valence-electron chi connectivity index (χ3n) is 6.25. The molecule has 0 spiro atoms. The predicted octanol–water partition coefficient (Wildman–Crippen LogP) is 1.17. The number of rotatable bonds is 7. The van der Waals surface area contributed by atoms with E-state index in [1.807, 2.05) is 17.9 Å². The van der Waals surface area contributed by atoms with Crippen molar-refractivity contribution >= 4 is 18.3 Å². The molecule has 0 radical (unpaired) electrons. The van der Waals surface area contributed by atoms with Gasteiger partial charge < -0.3 is 25.0 Å². The Kier molecular flexibility index (Phi) is 8.99. The number of aromatic nitrogens is 1. The summed E-state index contributed by atoms with van der Waals surface area (Å²) in [7, 11) is 0. The fourth-order valence-electron chi connectivity index (χ4n) is 4.30. The summed E-state index contributed by atoms with van der Waals surface area (Å²) in [5.74, 6) is 1.42. The van der Waals surface area contributed by atoms with Crippen LogP contribution in [0.3, 0.4) is 0 Å². The molecule has 2 saturated heterocycles. The van der Waals surface area contributed by atoms with Gasteiger partial charge >= 0.3 is 0 Å². The predicted molar refractivity (Wildman–Crippen MR) is 118 cm³/mol. The molecule has 0 aromatic carbocycles. The molecule has 1 saturated carbocycles. The topological polar surface area (TPSA) is 112 Å². The maximum atomic E-state index is 12.3. The number of hydrogen-bond donors (Lipinski definition) is 2. The standard InChI is InChI=1S/C22H32N4O3.CH2O2/c1-16-8-19(10-23-9-16)22(28)24-11-20-14-26(21(27)15-29-20)13-18-4-6-25(7-5-18)12-17-2-3-17;2-1-3/h8-10,17-18,20H,2-7,11-15H2,1H3,(H,24,28);1H,(H,2,3). The number of pyridine rings is 1. The second-order valence-corrected chi connectivity index (χ2v) is 8.99. The van der Waals surface area contributed by atoms with E-state index in [4.69, 9.17) is 14.6 Å². The molecular formula is C23H34N4O5. The van der Waals surface area contributed by atoms with E-state index in [-0.39, 0.29) is 31.0 Å². The first-order valence-corrected chi connectivity index (χ1v) is 11.4. The molecule has 1 atom stereocenters. The fourth-order valence-corrected chi connectivity index (χ4v) is 4.30. The molecule has 2 amide bonds. The van der Waals surface area contributed by atoms with E-state index >= 15 is 0 Å². The highest BCUT2D eigenvalue weighted by Crippen LogP contribution is 2.31. The van der Waals surface area contributed by atoms with Gasteiger partial charge in [0.1, 0.15) is 6.61 Å². The van der Waals surface area contributed by atoms with Crippen LogP contribution < -0.4 is 5.32 Å². The van der Waals surface area contributed by atoms with Crippen molar-refractivity contribution in [1.29, 1.82) is 0 Å². The molecule has 3 heterocycles. The minimum absolute atomic E-state index is 0.0656. The van der Waals surface area contributed by atoms with Crippen LogP contribution in [0.2, 0.25) is 0 Å². The fraction of sp³-hybridized carbons (Fsp3) is 0.652. The van der Waals surface area contributed by atoms with Crippen molar-refractivity contribution in [2.45, 2.75) is 38.7 Å². The summed E-state index contributed by atoms with van der Waals surface area (Å²) in [6.07, 6.45) is 8.26. The number of carbonyl (C=O) groups excluding carboxylic acids is 2. The van der Waals surface area contributed by atoms with Crippen molar-refractivity contribution in [3.8, 4) is 0 Å². The van der Waals surface area contributed by atoms with Gasteiger partial charge in [-0.25, -0.2) is 0 Å². The van der Waals surface area contributed by atoms with Gasteiger partial charge in [-0.2, -0.15) is 0 Å². The molecule has 1 aromatic heterocycles. The summed E-state index contributed by atoms with van der Waals surface area (Å²) < 4.78 is 5.66. The van der Waals surface area contributed by atoms with Crippen LogP contribution >= 0.6 is 0 Å². The Morgan fingerprint density at radius 3 is 2.56 bits per heavy atom. The largest absolute Gasteiger partial charge is 0.483 e. The normalized spacial score (nSPS) is 22.1. The van der Waals surface area contributed by atoms with E-state index in [1.54, 1.807) is 12.4 Å². The number of piperidine rings is 1. The van der Waals surface area contributed by atoms with Crippen molar-refractivity contribution in [3.63, 3.8) is 0 Å². The molecule has 3 aliphatic rings. The number of likely N-dealkylation sites (tertiary alicyclic amines) is 1. The van der Waals surface area contributed by atoms with E-state index in [2.05, 4.69) is 15.2 Å². The maximum absolute atomic E-state index is 12.3. The zero-order valence-corrected chi connectivity index (χ0v) is 18.7. The monoisotopic (exact) mass is 446 g/mol. The number of ether oxygens (including phenoxy) is 1. The molecule has 1 unspecified atom stereocenters. The minimum Gasteiger partial charge on any atom is -0.483 e. The van der Waals surface area contributed by atoms with Gasteiger partial charge in [0, 0.05) is 38.6 Å². The van der Waals surface area contributed by atoms with Crippen LogP contribution in [0.15, 0.2) is 18.5 Å². The highest BCUT2D eigenvalue weighted by molar-refractivity contribution is 5.94. The number of nitrogens with one attached hydrogen (secondary N) is 1. The Labute approximate surface area is 189 Å². The highest BCUT2D eigenvalue weighted by Gasteiger charge is 2.31. The van der Waals surface area contributed by atoms with Crippen LogP contribution in [0.4, 0.5) is 0 Å². The van der Waals surface area contributed by atoms with Gasteiger partial charge in [-0.3, -0.25) is 19.4 Å². The van der Waals surface area contributed by atoms with E-state index in [0.29, 0.717) is 24.6 Å². The lowest BCUT2D eigenvalue weighted by Gasteiger charge is -2.38. The summed E-state index contributed by atoms with van der Waals surface area (Å²) in [4.78, 5) is 41.6. The molecule has 0 bridgehead atoms. The zero-order valence-electron chi connectivity index (χ0n) is 18.7. The Balaban J connectivity index is 0.000000913. The van der Waals surface area contributed by atoms with Gasteiger partial charge in [-0.1, -0.05) is 0 Å². The van der Waals surface area contributed by atoms with E-state index in [9.17, 15) is 9.59 Å². The first-order chi connectivity index (χ1) is 15.5. The Hall–Kier alpha value is -2.52. The summed E-state index contributed by atoms with van der Waals surface area (Å²) in [6, 6.07) is 1.81. The molecule has 9 heteroatoms. The average Bonchev–Trinajstić information content (AvgIpc) is 3.60. The number of amides is 2. The third-order valence-corrected chi connectivity index (χ3v) is 6.25. The molecule has 2 aliphatic heterocycles. The second kappa shape index (κ2) is 11.9. The van der Waals surface area contributed by atoms with E-state index in [0.717, 1.165) is 31.1 Å². The van der Waals surface area contributed by atoms with Crippen molar-refractivity contribution in [2.24, 2.45) is 11.8 Å². The van der Waals surface area contributed by atoms with Crippen LogP contribution in [0.25, 0.3) is 0 Å². The molecule has 9 nitrogen and oxygen atoms in total. The Morgan fingerprint density at radius 1 is 1.22 bits per heavy atom. The highest BCUT2D eigenvalue weighted by atomic mass is 16.5. The Bertz CT molecular complexity index is 777. The van der Waals surface area contributed by atoms with Crippen LogP contribution in [0.5, 0.6) is 0 Å². The van der Waals surface area contributed by atoms with Crippen LogP contribution in [-0.2, 0) is 14.3 Å². The van der Waals surface area contributed by atoms with Crippen molar-refractivity contribution in [2.75, 3.05) is 45.9 Å². The lowest BCUT2D eigenvalue weighted by molar-refractivity contribution is -0.149. The van der Waals surface area contributed by atoms with Crippen LogP contribution in [-0.4, -0.2) is 90.2 Å². The van der Waals surface area contributed by atoms with Gasteiger partial charge in [-0.15, -0.1) is 0 Å². The third kappa shape index (κ3) is 7.56. The van der Waals surface area contributed by atoms with Crippen molar-refractivity contribution in [1.82, 2.24) is 20.1 Å². The molecule has 1 aromatic rings. The number of hydrogen-bond acceptors (Lipinski definition) is 6.